The summed E-state index contributed by atoms with van der Waals surface area (Å²) in [6, 6.07) is 0.422. The molecule has 154 valence electrons. The largest absolute Gasteiger partial charge is 0.392 e. The van der Waals surface area contributed by atoms with Crippen LogP contribution in [0.25, 0.3) is 0 Å². The van der Waals surface area contributed by atoms with E-state index in [-0.39, 0.29) is 35.5 Å². The third kappa shape index (κ3) is 5.37. The molecule has 0 aromatic carbocycles. The molecule has 2 aliphatic rings. The molecule has 7 heteroatoms. The van der Waals surface area contributed by atoms with Crippen LogP contribution in [-0.2, 0) is 0 Å². The number of aliphatic imine (C=N–C) groups is 1. The molecule has 4 unspecified atom stereocenters. The highest BCUT2D eigenvalue weighted by molar-refractivity contribution is 14.0. The van der Waals surface area contributed by atoms with Crippen molar-refractivity contribution in [2.24, 2.45) is 16.3 Å². The molecule has 2 heterocycles. The van der Waals surface area contributed by atoms with Gasteiger partial charge in [0.1, 0.15) is 0 Å². The third-order valence-electron chi connectivity index (χ3n) is 6.33. The van der Waals surface area contributed by atoms with Gasteiger partial charge < -0.3 is 19.9 Å². The Morgan fingerprint density at radius 1 is 1.37 bits per heavy atom. The Morgan fingerprint density at radius 2 is 2.19 bits per heavy atom. The molecule has 3 rings (SSSR count). The maximum Gasteiger partial charge on any atom is 0.194 e. The first-order valence-corrected chi connectivity index (χ1v) is 10.2. The van der Waals surface area contributed by atoms with Crippen LogP contribution in [0, 0.1) is 11.3 Å². The number of aromatic nitrogens is 2. The first-order valence-electron chi connectivity index (χ1n) is 10.2. The van der Waals surface area contributed by atoms with Gasteiger partial charge in [-0.25, -0.2) is 4.98 Å². The minimum Gasteiger partial charge on any atom is -0.392 e. The summed E-state index contributed by atoms with van der Waals surface area (Å²) in [7, 11) is 0. The first-order chi connectivity index (χ1) is 12.5. The Labute approximate surface area is 180 Å². The van der Waals surface area contributed by atoms with Gasteiger partial charge in [-0.2, -0.15) is 0 Å². The number of guanidine groups is 1. The lowest BCUT2D eigenvalue weighted by Crippen LogP contribution is -2.49. The number of aliphatic hydroxyl groups is 1. The van der Waals surface area contributed by atoms with E-state index in [4.69, 9.17) is 4.99 Å². The number of halogens is 1. The lowest BCUT2D eigenvalue weighted by molar-refractivity contribution is 0.00697. The van der Waals surface area contributed by atoms with Gasteiger partial charge in [0, 0.05) is 37.4 Å². The van der Waals surface area contributed by atoms with E-state index in [9.17, 15) is 5.11 Å². The summed E-state index contributed by atoms with van der Waals surface area (Å²) in [4.78, 5) is 11.6. The number of nitrogens with zero attached hydrogens (tertiary/aromatic N) is 4. The third-order valence-corrected chi connectivity index (χ3v) is 6.33. The van der Waals surface area contributed by atoms with Gasteiger partial charge in [-0.3, -0.25) is 4.99 Å². The van der Waals surface area contributed by atoms with Crippen molar-refractivity contribution in [3.8, 4) is 0 Å². The summed E-state index contributed by atoms with van der Waals surface area (Å²) in [5.41, 5.74) is -0.0915. The molecule has 0 radical (unpaired) electrons. The fraction of sp³-hybridized carbons (Fsp3) is 0.800. The molecule has 2 fully saturated rings. The van der Waals surface area contributed by atoms with E-state index >= 15 is 0 Å². The Morgan fingerprint density at radius 3 is 2.85 bits per heavy atom. The molecule has 1 aromatic rings. The predicted octanol–water partition coefficient (Wildman–Crippen LogP) is 3.29. The summed E-state index contributed by atoms with van der Waals surface area (Å²) in [5.74, 6) is 1.62. The second kappa shape index (κ2) is 10.1. The van der Waals surface area contributed by atoms with Crippen molar-refractivity contribution in [1.29, 1.82) is 0 Å². The van der Waals surface area contributed by atoms with Crippen LogP contribution in [0.15, 0.2) is 23.7 Å². The molecular weight excluding hydrogens is 453 g/mol. The Balaban J connectivity index is 0.00000261. The van der Waals surface area contributed by atoms with Gasteiger partial charge in [0.25, 0.3) is 0 Å². The zero-order chi connectivity index (χ0) is 18.6. The van der Waals surface area contributed by atoms with Gasteiger partial charge in [-0.1, -0.05) is 26.7 Å². The molecule has 1 aliphatic carbocycles. The molecule has 6 nitrogen and oxygen atoms in total. The Bertz CT molecular complexity index is 593. The smallest absolute Gasteiger partial charge is 0.194 e. The molecule has 0 spiro atoms. The molecule has 2 N–H and O–H groups in total. The average Bonchev–Trinajstić information content (AvgIpc) is 3.16. The first kappa shape index (κ1) is 22.5. The van der Waals surface area contributed by atoms with E-state index in [1.54, 1.807) is 0 Å². The number of rotatable bonds is 4. The van der Waals surface area contributed by atoms with Gasteiger partial charge in [-0.15, -0.1) is 24.0 Å². The second-order valence-electron chi connectivity index (χ2n) is 8.37. The number of likely N-dealkylation sites (tertiary alicyclic amines) is 1. The monoisotopic (exact) mass is 489 g/mol. The lowest BCUT2D eigenvalue weighted by Gasteiger charge is -2.40. The van der Waals surface area contributed by atoms with E-state index in [1.807, 2.05) is 12.5 Å². The second-order valence-corrected chi connectivity index (χ2v) is 8.37. The SMILES string of the molecule is CCNC(=NCC1(C)CCCCC1O)N1CCC(C)C(n2ccnc2)C1.I. The van der Waals surface area contributed by atoms with Crippen LogP contribution < -0.4 is 5.32 Å². The highest BCUT2D eigenvalue weighted by Crippen LogP contribution is 2.36. The highest BCUT2D eigenvalue weighted by Gasteiger charge is 2.36. The van der Waals surface area contributed by atoms with E-state index < -0.39 is 0 Å². The molecule has 1 aromatic heterocycles. The van der Waals surface area contributed by atoms with Crippen LogP contribution in [-0.4, -0.2) is 57.8 Å². The Hall–Kier alpha value is -0.830. The summed E-state index contributed by atoms with van der Waals surface area (Å²) in [5, 5.41) is 13.9. The van der Waals surface area contributed by atoms with Crippen LogP contribution >= 0.6 is 24.0 Å². The summed E-state index contributed by atoms with van der Waals surface area (Å²) in [6.45, 7) is 10.2. The van der Waals surface area contributed by atoms with Gasteiger partial charge in [-0.05, 0) is 32.1 Å². The van der Waals surface area contributed by atoms with Crippen molar-refractivity contribution in [1.82, 2.24) is 19.8 Å². The average molecular weight is 489 g/mol. The van der Waals surface area contributed by atoms with E-state index in [0.29, 0.717) is 18.5 Å². The molecule has 27 heavy (non-hydrogen) atoms. The lowest BCUT2D eigenvalue weighted by atomic mass is 9.73. The van der Waals surface area contributed by atoms with Crippen LogP contribution in [0.5, 0.6) is 0 Å². The number of hydrogen-bond donors (Lipinski definition) is 2. The summed E-state index contributed by atoms with van der Waals surface area (Å²) in [6.07, 6.45) is 11.1. The van der Waals surface area contributed by atoms with Crippen molar-refractivity contribution in [3.63, 3.8) is 0 Å². The van der Waals surface area contributed by atoms with Gasteiger partial charge in [0.2, 0.25) is 0 Å². The van der Waals surface area contributed by atoms with Crippen LogP contribution in [0.3, 0.4) is 0 Å². The number of piperidine rings is 1. The number of hydrogen-bond acceptors (Lipinski definition) is 3. The number of nitrogens with one attached hydrogen (secondary N) is 1. The quantitative estimate of drug-likeness (QED) is 0.387. The van der Waals surface area contributed by atoms with E-state index in [1.165, 1.54) is 6.42 Å². The number of imidazole rings is 1. The zero-order valence-corrected chi connectivity index (χ0v) is 19.3. The van der Waals surface area contributed by atoms with E-state index in [0.717, 1.165) is 51.3 Å². The van der Waals surface area contributed by atoms with Gasteiger partial charge >= 0.3 is 0 Å². The summed E-state index contributed by atoms with van der Waals surface area (Å²) >= 11 is 0. The molecule has 1 aliphatic heterocycles. The van der Waals surface area contributed by atoms with Crippen molar-refractivity contribution < 1.29 is 5.11 Å². The Kier molecular flexibility index (Phi) is 8.39. The van der Waals surface area contributed by atoms with Gasteiger partial charge in [0.05, 0.1) is 25.0 Å². The zero-order valence-electron chi connectivity index (χ0n) is 17.0. The van der Waals surface area contributed by atoms with Crippen molar-refractivity contribution in [2.75, 3.05) is 26.2 Å². The van der Waals surface area contributed by atoms with Crippen LogP contribution in [0.1, 0.15) is 58.9 Å². The maximum atomic E-state index is 10.5. The fourth-order valence-electron chi connectivity index (χ4n) is 4.34. The van der Waals surface area contributed by atoms with E-state index in [2.05, 4.69) is 46.7 Å². The minimum atomic E-state index is -0.233. The molecule has 4 atom stereocenters. The molecule has 1 saturated carbocycles. The van der Waals surface area contributed by atoms with Gasteiger partial charge in [0.15, 0.2) is 5.96 Å². The predicted molar refractivity (Wildman–Crippen MR) is 121 cm³/mol. The van der Waals surface area contributed by atoms with Crippen LogP contribution in [0.4, 0.5) is 0 Å². The maximum absolute atomic E-state index is 10.5. The molecule has 0 amide bonds. The molecule has 1 saturated heterocycles. The number of aliphatic hydroxyl groups excluding tert-OH is 1. The summed E-state index contributed by atoms with van der Waals surface area (Å²) < 4.78 is 2.23. The van der Waals surface area contributed by atoms with Crippen molar-refractivity contribution in [2.45, 2.75) is 65.0 Å². The van der Waals surface area contributed by atoms with Crippen molar-refractivity contribution in [3.05, 3.63) is 18.7 Å². The molecular formula is C20H36IN5O. The molecule has 0 bridgehead atoms. The van der Waals surface area contributed by atoms with Crippen molar-refractivity contribution >= 4 is 29.9 Å². The highest BCUT2D eigenvalue weighted by atomic mass is 127. The normalized spacial score (nSPS) is 32.1. The standard InChI is InChI=1S/C20H35N5O.HI/c1-4-22-19(23-14-20(3)9-6-5-7-18(20)26)24-11-8-16(2)17(13-24)25-12-10-21-15-25;/h10,12,15-18,26H,4-9,11,13-14H2,1-3H3,(H,22,23);1H. The fourth-order valence-corrected chi connectivity index (χ4v) is 4.34. The van der Waals surface area contributed by atoms with Crippen LogP contribution in [0.2, 0.25) is 0 Å². The topological polar surface area (TPSA) is 65.7 Å². The minimum absolute atomic E-state index is 0.